The van der Waals surface area contributed by atoms with Gasteiger partial charge in [0.15, 0.2) is 0 Å². The summed E-state index contributed by atoms with van der Waals surface area (Å²) < 4.78 is 5.21. The normalized spacial score (nSPS) is 10.0. The van der Waals surface area contributed by atoms with Crippen molar-refractivity contribution in [2.45, 2.75) is 20.8 Å². The van der Waals surface area contributed by atoms with Gasteiger partial charge in [0.05, 0.1) is 7.11 Å². The molecule has 0 aromatic carbocycles. The topological polar surface area (TPSA) is 9.23 Å². The Morgan fingerprint density at radius 1 is 1.10 bits per heavy atom. The maximum absolute atomic E-state index is 5.21. The summed E-state index contributed by atoms with van der Waals surface area (Å²) in [5.41, 5.74) is 1.28. The van der Waals surface area contributed by atoms with Gasteiger partial charge in [0.25, 0.3) is 0 Å². The van der Waals surface area contributed by atoms with Gasteiger partial charge < -0.3 is 4.74 Å². The van der Waals surface area contributed by atoms with Crippen LogP contribution in [-0.2, 0) is 0 Å². The van der Waals surface area contributed by atoms with Gasteiger partial charge in [-0.2, -0.15) is 0 Å². The van der Waals surface area contributed by atoms with Crippen molar-refractivity contribution >= 4 is 11.3 Å². The Morgan fingerprint density at radius 3 is 1.90 bits per heavy atom. The molecule has 0 fully saturated rings. The summed E-state index contributed by atoms with van der Waals surface area (Å²) in [7, 11) is 1.72. The molecule has 0 amide bonds. The van der Waals surface area contributed by atoms with Crippen LogP contribution in [0.2, 0.25) is 0 Å². The number of hydrogen-bond acceptors (Lipinski definition) is 2. The van der Waals surface area contributed by atoms with Crippen molar-refractivity contribution in [2.75, 3.05) is 7.11 Å². The molecule has 0 radical (unpaired) electrons. The third kappa shape index (κ3) is 1.03. The zero-order chi connectivity index (χ0) is 7.72. The van der Waals surface area contributed by atoms with Crippen LogP contribution in [0.15, 0.2) is 0 Å². The number of thiophene rings is 1. The summed E-state index contributed by atoms with van der Waals surface area (Å²) in [6.45, 7) is 6.30. The van der Waals surface area contributed by atoms with Crippen LogP contribution in [0.1, 0.15) is 15.3 Å². The van der Waals surface area contributed by atoms with E-state index in [0.717, 1.165) is 5.75 Å². The highest BCUT2D eigenvalue weighted by atomic mass is 32.1. The van der Waals surface area contributed by atoms with Crippen molar-refractivity contribution in [1.29, 1.82) is 0 Å². The molecule has 1 nitrogen and oxygen atoms in total. The Labute approximate surface area is 65.6 Å². The van der Waals surface area contributed by atoms with Gasteiger partial charge in [-0.3, -0.25) is 0 Å². The Kier molecular flexibility index (Phi) is 2.00. The number of methoxy groups -OCH3 is 1. The largest absolute Gasteiger partial charge is 0.495 e. The molecule has 1 aromatic heterocycles. The van der Waals surface area contributed by atoms with Crippen molar-refractivity contribution in [3.05, 3.63) is 15.3 Å². The molecular weight excluding hydrogens is 144 g/mol. The van der Waals surface area contributed by atoms with Crippen molar-refractivity contribution in [2.24, 2.45) is 0 Å². The van der Waals surface area contributed by atoms with E-state index >= 15 is 0 Å². The van der Waals surface area contributed by atoms with Gasteiger partial charge in [-0.05, 0) is 20.8 Å². The van der Waals surface area contributed by atoms with E-state index in [1.54, 1.807) is 18.4 Å². The average Bonchev–Trinajstić information content (AvgIpc) is 2.09. The van der Waals surface area contributed by atoms with E-state index in [2.05, 4.69) is 20.8 Å². The lowest BCUT2D eigenvalue weighted by Gasteiger charge is -1.98. The second kappa shape index (κ2) is 2.62. The zero-order valence-electron chi connectivity index (χ0n) is 6.82. The van der Waals surface area contributed by atoms with Crippen LogP contribution in [0.25, 0.3) is 0 Å². The summed E-state index contributed by atoms with van der Waals surface area (Å²) in [6, 6.07) is 0. The Morgan fingerprint density at radius 2 is 1.70 bits per heavy atom. The van der Waals surface area contributed by atoms with E-state index in [1.165, 1.54) is 15.3 Å². The van der Waals surface area contributed by atoms with Crippen molar-refractivity contribution in [3.63, 3.8) is 0 Å². The minimum Gasteiger partial charge on any atom is -0.495 e. The first-order valence-corrected chi connectivity index (χ1v) is 4.09. The molecule has 0 unspecified atom stereocenters. The average molecular weight is 156 g/mol. The lowest BCUT2D eigenvalue weighted by atomic mass is 10.2. The highest BCUT2D eigenvalue weighted by Crippen LogP contribution is 2.32. The molecule has 0 bridgehead atoms. The molecule has 0 saturated heterocycles. The van der Waals surface area contributed by atoms with Gasteiger partial charge in [-0.15, -0.1) is 11.3 Å². The molecule has 0 saturated carbocycles. The first kappa shape index (κ1) is 7.61. The molecule has 0 spiro atoms. The van der Waals surface area contributed by atoms with Crippen LogP contribution in [0, 0.1) is 20.8 Å². The maximum Gasteiger partial charge on any atom is 0.135 e. The SMILES string of the molecule is COc1c(C)sc(C)c1C. The number of ether oxygens (including phenoxy) is 1. The summed E-state index contributed by atoms with van der Waals surface area (Å²) in [5.74, 6) is 1.06. The molecule has 0 aliphatic carbocycles. The number of rotatable bonds is 1. The fraction of sp³-hybridized carbons (Fsp3) is 0.500. The van der Waals surface area contributed by atoms with E-state index in [4.69, 9.17) is 4.74 Å². The molecule has 0 atom stereocenters. The third-order valence-corrected chi connectivity index (χ3v) is 2.80. The Bertz CT molecular complexity index is 238. The van der Waals surface area contributed by atoms with E-state index in [1.807, 2.05) is 0 Å². The molecule has 0 N–H and O–H groups in total. The Balaban J connectivity index is 3.20. The lowest BCUT2D eigenvalue weighted by molar-refractivity contribution is 0.411. The molecule has 2 heteroatoms. The van der Waals surface area contributed by atoms with Gasteiger partial charge >= 0.3 is 0 Å². The third-order valence-electron chi connectivity index (χ3n) is 1.70. The van der Waals surface area contributed by atoms with Crippen LogP contribution < -0.4 is 4.74 Å². The van der Waals surface area contributed by atoms with Crippen LogP contribution in [0.5, 0.6) is 5.75 Å². The maximum atomic E-state index is 5.21. The second-order valence-corrected chi connectivity index (χ2v) is 3.80. The summed E-state index contributed by atoms with van der Waals surface area (Å²) in [5, 5.41) is 0. The fourth-order valence-corrected chi connectivity index (χ4v) is 2.11. The molecular formula is C8H12OS. The predicted octanol–water partition coefficient (Wildman–Crippen LogP) is 2.68. The fourth-order valence-electron chi connectivity index (χ4n) is 1.07. The monoisotopic (exact) mass is 156 g/mol. The zero-order valence-corrected chi connectivity index (χ0v) is 7.63. The number of aryl methyl sites for hydroxylation is 2. The summed E-state index contributed by atoms with van der Waals surface area (Å²) in [6.07, 6.45) is 0. The molecule has 56 valence electrons. The molecule has 0 aliphatic rings. The minimum atomic E-state index is 1.06. The first-order chi connectivity index (χ1) is 4.66. The van der Waals surface area contributed by atoms with E-state index in [-0.39, 0.29) is 0 Å². The van der Waals surface area contributed by atoms with Gasteiger partial charge in [0.2, 0.25) is 0 Å². The second-order valence-electron chi connectivity index (χ2n) is 2.37. The van der Waals surface area contributed by atoms with Gasteiger partial charge in [0.1, 0.15) is 5.75 Å². The van der Waals surface area contributed by atoms with Crippen LogP contribution >= 0.6 is 11.3 Å². The molecule has 1 rings (SSSR count). The van der Waals surface area contributed by atoms with Crippen molar-refractivity contribution in [3.8, 4) is 5.75 Å². The summed E-state index contributed by atoms with van der Waals surface area (Å²) in [4.78, 5) is 2.63. The standard InChI is InChI=1S/C8H12OS/c1-5-6(2)10-7(3)8(5)9-4/h1-4H3. The van der Waals surface area contributed by atoms with Crippen molar-refractivity contribution in [1.82, 2.24) is 0 Å². The highest BCUT2D eigenvalue weighted by molar-refractivity contribution is 7.12. The van der Waals surface area contributed by atoms with Crippen LogP contribution in [0.4, 0.5) is 0 Å². The van der Waals surface area contributed by atoms with E-state index in [9.17, 15) is 0 Å². The summed E-state index contributed by atoms with van der Waals surface area (Å²) >= 11 is 1.80. The molecule has 1 heterocycles. The molecule has 0 aliphatic heterocycles. The lowest BCUT2D eigenvalue weighted by Crippen LogP contribution is -1.84. The smallest absolute Gasteiger partial charge is 0.135 e. The minimum absolute atomic E-state index is 1.06. The van der Waals surface area contributed by atoms with E-state index in [0.29, 0.717) is 0 Å². The first-order valence-electron chi connectivity index (χ1n) is 3.27. The van der Waals surface area contributed by atoms with E-state index < -0.39 is 0 Å². The van der Waals surface area contributed by atoms with Crippen molar-refractivity contribution < 1.29 is 4.74 Å². The quantitative estimate of drug-likeness (QED) is 0.607. The highest BCUT2D eigenvalue weighted by Gasteiger charge is 2.07. The van der Waals surface area contributed by atoms with Crippen LogP contribution in [0.3, 0.4) is 0 Å². The van der Waals surface area contributed by atoms with Gasteiger partial charge in [0, 0.05) is 15.3 Å². The predicted molar refractivity (Wildman–Crippen MR) is 45.1 cm³/mol. The molecule has 1 aromatic rings. The van der Waals surface area contributed by atoms with Gasteiger partial charge in [-0.1, -0.05) is 0 Å². The molecule has 10 heavy (non-hydrogen) atoms. The number of hydrogen-bond donors (Lipinski definition) is 0. The van der Waals surface area contributed by atoms with Gasteiger partial charge in [-0.25, -0.2) is 0 Å². The van der Waals surface area contributed by atoms with Crippen LogP contribution in [-0.4, -0.2) is 7.11 Å². The Hall–Kier alpha value is -0.500.